The molecule has 2 aromatic rings. The van der Waals surface area contributed by atoms with Crippen LogP contribution in [0.15, 0.2) is 12.3 Å². The molecular weight excluding hydrogens is 306 g/mol. The number of nitrogens with one attached hydrogen (secondary N) is 2. The minimum absolute atomic E-state index is 0.168. The maximum Gasteiger partial charge on any atom is 0.224 e. The lowest BCUT2D eigenvalue weighted by molar-refractivity contribution is 0.0863. The highest BCUT2D eigenvalue weighted by atomic mass is 16.3. The number of fused-ring (bicyclic) bond motifs is 3. The van der Waals surface area contributed by atoms with Gasteiger partial charge in [0.1, 0.15) is 11.9 Å². The van der Waals surface area contributed by atoms with E-state index in [4.69, 9.17) is 4.98 Å². The molecule has 1 fully saturated rings. The summed E-state index contributed by atoms with van der Waals surface area (Å²) < 4.78 is 2.11. The van der Waals surface area contributed by atoms with Gasteiger partial charge in [0, 0.05) is 24.2 Å². The van der Waals surface area contributed by atoms with Gasteiger partial charge in [0.05, 0.1) is 17.3 Å². The molecule has 7 nitrogen and oxygen atoms in total. The zero-order valence-electron chi connectivity index (χ0n) is 14.2. The molecule has 4 rings (SSSR count). The molecule has 24 heavy (non-hydrogen) atoms. The van der Waals surface area contributed by atoms with Crippen LogP contribution in [0, 0.1) is 0 Å². The van der Waals surface area contributed by atoms with Crippen molar-refractivity contribution in [1.82, 2.24) is 19.9 Å². The van der Waals surface area contributed by atoms with Gasteiger partial charge in [-0.15, -0.1) is 0 Å². The lowest BCUT2D eigenvalue weighted by atomic mass is 9.93. The van der Waals surface area contributed by atoms with E-state index in [1.54, 1.807) is 0 Å². The van der Waals surface area contributed by atoms with Crippen molar-refractivity contribution in [2.45, 2.75) is 63.4 Å². The van der Waals surface area contributed by atoms with Crippen LogP contribution in [0.5, 0.6) is 0 Å². The van der Waals surface area contributed by atoms with Crippen molar-refractivity contribution in [3.05, 3.63) is 18.0 Å². The van der Waals surface area contributed by atoms with E-state index in [9.17, 15) is 10.2 Å². The van der Waals surface area contributed by atoms with Crippen LogP contribution in [-0.4, -0.2) is 43.4 Å². The summed E-state index contributed by atoms with van der Waals surface area (Å²) in [5.74, 6) is 0.619. The summed E-state index contributed by atoms with van der Waals surface area (Å²) in [5.41, 5.74) is 1.51. The lowest BCUT2D eigenvalue weighted by Crippen LogP contribution is -2.46. The summed E-state index contributed by atoms with van der Waals surface area (Å²) in [7, 11) is 0. The molecule has 0 saturated heterocycles. The standard InChI is InChI=1S/C17H25N5O2/c1-17(2)9-19-15(24)13-7-10-8-18-16(21-14(10)22(13)17)20-11-3-5-12(23)6-4-11/h7-8,11-12,15,19,23-24H,3-6,9H2,1-2H3,(H,18,20,21). The van der Waals surface area contributed by atoms with E-state index in [1.807, 2.05) is 12.3 Å². The van der Waals surface area contributed by atoms with Gasteiger partial charge in [-0.3, -0.25) is 5.32 Å². The van der Waals surface area contributed by atoms with Gasteiger partial charge in [0.25, 0.3) is 0 Å². The van der Waals surface area contributed by atoms with Gasteiger partial charge in [-0.05, 0) is 45.6 Å². The molecule has 0 spiro atoms. The molecule has 4 N–H and O–H groups in total. The van der Waals surface area contributed by atoms with E-state index in [0.29, 0.717) is 18.5 Å². The molecule has 0 bridgehead atoms. The molecular formula is C17H25N5O2. The number of aliphatic hydroxyl groups excluding tert-OH is 2. The van der Waals surface area contributed by atoms with E-state index in [2.05, 4.69) is 34.0 Å². The molecule has 0 radical (unpaired) electrons. The fourth-order valence-electron chi connectivity index (χ4n) is 3.85. The van der Waals surface area contributed by atoms with Gasteiger partial charge in [0.2, 0.25) is 5.95 Å². The number of hydrogen-bond donors (Lipinski definition) is 4. The minimum atomic E-state index is -0.677. The van der Waals surface area contributed by atoms with E-state index in [0.717, 1.165) is 42.4 Å². The highest BCUT2D eigenvalue weighted by molar-refractivity contribution is 5.78. The second kappa shape index (κ2) is 5.68. The number of rotatable bonds is 2. The number of aliphatic hydroxyl groups is 2. The molecule has 2 aromatic heterocycles. The number of anilines is 1. The van der Waals surface area contributed by atoms with Crippen LogP contribution in [0.3, 0.4) is 0 Å². The number of hydrogen-bond acceptors (Lipinski definition) is 6. The maximum absolute atomic E-state index is 10.2. The van der Waals surface area contributed by atoms with Gasteiger partial charge >= 0.3 is 0 Å². The highest BCUT2D eigenvalue weighted by Gasteiger charge is 2.33. The van der Waals surface area contributed by atoms with Crippen LogP contribution < -0.4 is 10.6 Å². The van der Waals surface area contributed by atoms with E-state index in [-0.39, 0.29) is 11.6 Å². The third kappa shape index (κ3) is 2.66. The molecule has 1 atom stereocenters. The zero-order valence-corrected chi connectivity index (χ0v) is 14.2. The Bertz CT molecular complexity index is 749. The Labute approximate surface area is 141 Å². The summed E-state index contributed by atoms with van der Waals surface area (Å²) >= 11 is 0. The smallest absolute Gasteiger partial charge is 0.224 e. The molecule has 3 heterocycles. The van der Waals surface area contributed by atoms with Gasteiger partial charge in [-0.2, -0.15) is 4.98 Å². The van der Waals surface area contributed by atoms with Crippen LogP contribution in [0.1, 0.15) is 51.5 Å². The Morgan fingerprint density at radius 3 is 2.75 bits per heavy atom. The molecule has 2 aliphatic rings. The number of aromatic nitrogens is 3. The average Bonchev–Trinajstić information content (AvgIpc) is 2.94. The molecule has 1 saturated carbocycles. The second-order valence-corrected chi connectivity index (χ2v) is 7.62. The van der Waals surface area contributed by atoms with E-state index in [1.165, 1.54) is 0 Å². The summed E-state index contributed by atoms with van der Waals surface area (Å²) in [6.45, 7) is 4.94. The zero-order chi connectivity index (χ0) is 16.9. The predicted octanol–water partition coefficient (Wildman–Crippen LogP) is 1.48. The average molecular weight is 331 g/mol. The molecule has 1 unspecified atom stereocenters. The molecule has 1 aliphatic heterocycles. The van der Waals surface area contributed by atoms with E-state index >= 15 is 0 Å². The van der Waals surface area contributed by atoms with Crippen LogP contribution in [0.2, 0.25) is 0 Å². The third-order valence-electron chi connectivity index (χ3n) is 5.21. The largest absolute Gasteiger partial charge is 0.393 e. The summed E-state index contributed by atoms with van der Waals surface area (Å²) in [5, 5.41) is 27.3. The Morgan fingerprint density at radius 2 is 2.00 bits per heavy atom. The quantitative estimate of drug-likeness (QED) is 0.666. The van der Waals surface area contributed by atoms with Crippen molar-refractivity contribution in [3.8, 4) is 0 Å². The first-order valence-electron chi connectivity index (χ1n) is 8.69. The second-order valence-electron chi connectivity index (χ2n) is 7.62. The first-order chi connectivity index (χ1) is 11.4. The third-order valence-corrected chi connectivity index (χ3v) is 5.21. The van der Waals surface area contributed by atoms with Crippen molar-refractivity contribution in [3.63, 3.8) is 0 Å². The van der Waals surface area contributed by atoms with Crippen molar-refractivity contribution in [2.24, 2.45) is 0 Å². The topological polar surface area (TPSA) is 95.2 Å². The molecule has 0 amide bonds. The SMILES string of the molecule is CC1(C)CNC(O)c2cc3cnc(NC4CCC(O)CC4)nc3n21. The fourth-order valence-corrected chi connectivity index (χ4v) is 3.85. The molecule has 7 heteroatoms. The van der Waals surface area contributed by atoms with Crippen molar-refractivity contribution < 1.29 is 10.2 Å². The highest BCUT2D eigenvalue weighted by Crippen LogP contribution is 2.33. The monoisotopic (exact) mass is 331 g/mol. The van der Waals surface area contributed by atoms with Gasteiger partial charge in [-0.1, -0.05) is 0 Å². The predicted molar refractivity (Wildman–Crippen MR) is 91.7 cm³/mol. The summed E-state index contributed by atoms with van der Waals surface area (Å²) in [4.78, 5) is 9.17. The van der Waals surface area contributed by atoms with Crippen molar-refractivity contribution >= 4 is 17.0 Å². The Hall–Kier alpha value is -1.70. The first kappa shape index (κ1) is 15.8. The lowest BCUT2D eigenvalue weighted by Gasteiger charge is -2.36. The Kier molecular flexibility index (Phi) is 3.74. The molecule has 130 valence electrons. The summed E-state index contributed by atoms with van der Waals surface area (Å²) in [6.07, 6.45) is 4.49. The van der Waals surface area contributed by atoms with Crippen molar-refractivity contribution in [2.75, 3.05) is 11.9 Å². The Balaban J connectivity index is 1.68. The van der Waals surface area contributed by atoms with Gasteiger partial charge in [0.15, 0.2) is 0 Å². The van der Waals surface area contributed by atoms with Crippen LogP contribution in [-0.2, 0) is 5.54 Å². The summed E-state index contributed by atoms with van der Waals surface area (Å²) in [6, 6.07) is 2.26. The van der Waals surface area contributed by atoms with Gasteiger partial charge in [-0.25, -0.2) is 4.98 Å². The molecule has 1 aliphatic carbocycles. The van der Waals surface area contributed by atoms with Gasteiger partial charge < -0.3 is 20.1 Å². The first-order valence-corrected chi connectivity index (χ1v) is 8.69. The fraction of sp³-hybridized carbons (Fsp3) is 0.647. The molecule has 0 aromatic carbocycles. The maximum atomic E-state index is 10.2. The normalized spacial score (nSPS) is 29.4. The minimum Gasteiger partial charge on any atom is -0.393 e. The van der Waals surface area contributed by atoms with Crippen LogP contribution >= 0.6 is 0 Å². The van der Waals surface area contributed by atoms with Crippen molar-refractivity contribution in [1.29, 1.82) is 0 Å². The number of nitrogens with zero attached hydrogens (tertiary/aromatic N) is 3. The Morgan fingerprint density at radius 1 is 1.25 bits per heavy atom. The van der Waals surface area contributed by atoms with E-state index < -0.39 is 6.23 Å². The van der Waals surface area contributed by atoms with Crippen LogP contribution in [0.25, 0.3) is 11.0 Å². The van der Waals surface area contributed by atoms with Crippen LogP contribution in [0.4, 0.5) is 5.95 Å².